The minimum Gasteiger partial charge on any atom is -0.342 e. The Balaban J connectivity index is 2.78. The number of carbonyl (C=O) groups excluding carboxylic acids is 1. The Labute approximate surface area is 100 Å². The van der Waals surface area contributed by atoms with Crippen molar-refractivity contribution < 1.29 is 13.6 Å². The molecule has 1 amide bonds. The standard InChI is InChI=1S/C13H17F2NO/c1-9(2)7-8-16(3)13(17)10-5-4-6-11(14)12(10)15/h4-6,9H,7-8H2,1-3H3. The molecule has 0 heterocycles. The molecule has 2 nitrogen and oxygen atoms in total. The van der Waals surface area contributed by atoms with E-state index in [4.69, 9.17) is 0 Å². The van der Waals surface area contributed by atoms with Gasteiger partial charge >= 0.3 is 0 Å². The van der Waals surface area contributed by atoms with Crippen molar-refractivity contribution in [2.45, 2.75) is 20.3 Å². The number of nitrogens with zero attached hydrogens (tertiary/aromatic N) is 1. The van der Waals surface area contributed by atoms with Crippen molar-refractivity contribution in [1.82, 2.24) is 4.90 Å². The summed E-state index contributed by atoms with van der Waals surface area (Å²) in [6.07, 6.45) is 0.833. The van der Waals surface area contributed by atoms with Gasteiger partial charge in [-0.3, -0.25) is 4.79 Å². The summed E-state index contributed by atoms with van der Waals surface area (Å²) >= 11 is 0. The number of hydrogen-bond donors (Lipinski definition) is 0. The monoisotopic (exact) mass is 241 g/mol. The number of hydrogen-bond acceptors (Lipinski definition) is 1. The Morgan fingerprint density at radius 3 is 2.59 bits per heavy atom. The second kappa shape index (κ2) is 5.75. The van der Waals surface area contributed by atoms with Crippen LogP contribution in [-0.2, 0) is 0 Å². The fourth-order valence-electron chi connectivity index (χ4n) is 1.43. The predicted molar refractivity (Wildman–Crippen MR) is 62.8 cm³/mol. The lowest BCUT2D eigenvalue weighted by atomic mass is 10.1. The van der Waals surface area contributed by atoms with E-state index in [2.05, 4.69) is 0 Å². The first-order valence-electron chi connectivity index (χ1n) is 5.63. The third-order valence-electron chi connectivity index (χ3n) is 2.57. The van der Waals surface area contributed by atoms with Gasteiger partial charge in [-0.1, -0.05) is 19.9 Å². The normalized spacial score (nSPS) is 10.7. The van der Waals surface area contributed by atoms with Crippen LogP contribution < -0.4 is 0 Å². The van der Waals surface area contributed by atoms with E-state index in [-0.39, 0.29) is 5.56 Å². The van der Waals surface area contributed by atoms with E-state index in [1.807, 2.05) is 13.8 Å². The van der Waals surface area contributed by atoms with Crippen molar-refractivity contribution in [2.75, 3.05) is 13.6 Å². The van der Waals surface area contributed by atoms with Crippen molar-refractivity contribution >= 4 is 5.91 Å². The van der Waals surface area contributed by atoms with Gasteiger partial charge in [0.2, 0.25) is 0 Å². The highest BCUT2D eigenvalue weighted by Gasteiger charge is 2.18. The fraction of sp³-hybridized carbons (Fsp3) is 0.462. The van der Waals surface area contributed by atoms with Gasteiger partial charge in [-0.25, -0.2) is 8.78 Å². The van der Waals surface area contributed by atoms with E-state index in [0.29, 0.717) is 12.5 Å². The molecule has 0 saturated carbocycles. The van der Waals surface area contributed by atoms with Crippen LogP contribution in [0.15, 0.2) is 18.2 Å². The molecule has 0 aliphatic carbocycles. The van der Waals surface area contributed by atoms with Crippen LogP contribution >= 0.6 is 0 Å². The van der Waals surface area contributed by atoms with Crippen LogP contribution in [-0.4, -0.2) is 24.4 Å². The maximum Gasteiger partial charge on any atom is 0.256 e. The van der Waals surface area contributed by atoms with Crippen LogP contribution in [0.4, 0.5) is 8.78 Å². The van der Waals surface area contributed by atoms with Crippen LogP contribution in [0.3, 0.4) is 0 Å². The van der Waals surface area contributed by atoms with Crippen molar-refractivity contribution in [3.05, 3.63) is 35.4 Å². The maximum absolute atomic E-state index is 13.4. The topological polar surface area (TPSA) is 20.3 Å². The van der Waals surface area contributed by atoms with Crippen LogP contribution in [0.25, 0.3) is 0 Å². The second-order valence-electron chi connectivity index (χ2n) is 4.51. The number of amides is 1. The average Bonchev–Trinajstić information content (AvgIpc) is 2.28. The van der Waals surface area contributed by atoms with Crippen LogP contribution in [0.2, 0.25) is 0 Å². The minimum absolute atomic E-state index is 0.212. The summed E-state index contributed by atoms with van der Waals surface area (Å²) in [6.45, 7) is 4.62. The molecule has 0 fully saturated rings. The van der Waals surface area contributed by atoms with Crippen LogP contribution in [0.1, 0.15) is 30.6 Å². The second-order valence-corrected chi connectivity index (χ2v) is 4.51. The Hall–Kier alpha value is -1.45. The zero-order valence-electron chi connectivity index (χ0n) is 10.3. The van der Waals surface area contributed by atoms with Gasteiger partial charge in [-0.2, -0.15) is 0 Å². The molecule has 0 radical (unpaired) electrons. The Morgan fingerprint density at radius 2 is 2.00 bits per heavy atom. The molecular formula is C13H17F2NO. The third kappa shape index (κ3) is 3.51. The predicted octanol–water partition coefficient (Wildman–Crippen LogP) is 3.08. The first-order chi connectivity index (χ1) is 7.93. The van der Waals surface area contributed by atoms with E-state index in [1.54, 1.807) is 7.05 Å². The molecule has 0 aromatic heterocycles. The van der Waals surface area contributed by atoms with Crippen molar-refractivity contribution in [3.8, 4) is 0 Å². The lowest BCUT2D eigenvalue weighted by Gasteiger charge is -2.18. The van der Waals surface area contributed by atoms with Gasteiger partial charge in [0.25, 0.3) is 5.91 Å². The lowest BCUT2D eigenvalue weighted by molar-refractivity contribution is 0.0783. The molecule has 0 aliphatic rings. The zero-order valence-corrected chi connectivity index (χ0v) is 10.3. The Morgan fingerprint density at radius 1 is 1.35 bits per heavy atom. The summed E-state index contributed by atoms with van der Waals surface area (Å²) in [4.78, 5) is 13.3. The van der Waals surface area contributed by atoms with Crippen molar-refractivity contribution in [3.63, 3.8) is 0 Å². The van der Waals surface area contributed by atoms with E-state index >= 15 is 0 Å². The molecule has 1 aromatic carbocycles. The quantitative estimate of drug-likeness (QED) is 0.793. The first kappa shape index (κ1) is 13.6. The molecule has 17 heavy (non-hydrogen) atoms. The summed E-state index contributed by atoms with van der Waals surface area (Å²) in [5.74, 6) is -2.09. The summed E-state index contributed by atoms with van der Waals surface area (Å²) in [7, 11) is 1.59. The molecule has 1 rings (SSSR count). The van der Waals surface area contributed by atoms with Crippen molar-refractivity contribution in [2.24, 2.45) is 5.92 Å². The fourth-order valence-corrected chi connectivity index (χ4v) is 1.43. The average molecular weight is 241 g/mol. The highest BCUT2D eigenvalue weighted by Crippen LogP contribution is 2.13. The maximum atomic E-state index is 13.4. The molecule has 0 saturated heterocycles. The SMILES string of the molecule is CC(C)CCN(C)C(=O)c1cccc(F)c1F. The minimum atomic E-state index is -1.08. The Bertz CT molecular complexity index is 404. The molecule has 1 aromatic rings. The van der Waals surface area contributed by atoms with Crippen molar-refractivity contribution in [1.29, 1.82) is 0 Å². The largest absolute Gasteiger partial charge is 0.342 e. The smallest absolute Gasteiger partial charge is 0.256 e. The molecule has 4 heteroatoms. The first-order valence-corrected chi connectivity index (χ1v) is 5.63. The van der Waals surface area contributed by atoms with Gasteiger partial charge in [0, 0.05) is 13.6 Å². The van der Waals surface area contributed by atoms with Gasteiger partial charge in [0.15, 0.2) is 11.6 Å². The van der Waals surface area contributed by atoms with Gasteiger partial charge in [-0.15, -0.1) is 0 Å². The van der Waals surface area contributed by atoms with Gasteiger partial charge in [0.05, 0.1) is 5.56 Å². The number of carbonyl (C=O) groups is 1. The zero-order chi connectivity index (χ0) is 13.0. The summed E-state index contributed by atoms with van der Waals surface area (Å²) in [6, 6.07) is 3.63. The molecule has 0 spiro atoms. The van der Waals surface area contributed by atoms with Crippen LogP contribution in [0.5, 0.6) is 0 Å². The van der Waals surface area contributed by atoms with Gasteiger partial charge in [0.1, 0.15) is 0 Å². The Kier molecular flexibility index (Phi) is 4.61. The van der Waals surface area contributed by atoms with E-state index in [9.17, 15) is 13.6 Å². The number of benzene rings is 1. The highest BCUT2D eigenvalue weighted by molar-refractivity contribution is 5.94. The molecule has 0 N–H and O–H groups in total. The van der Waals surface area contributed by atoms with E-state index in [1.165, 1.54) is 17.0 Å². The van der Waals surface area contributed by atoms with E-state index < -0.39 is 17.5 Å². The molecule has 0 bridgehead atoms. The molecule has 0 unspecified atom stereocenters. The number of halogens is 2. The summed E-state index contributed by atoms with van der Waals surface area (Å²) in [5.41, 5.74) is -0.212. The summed E-state index contributed by atoms with van der Waals surface area (Å²) < 4.78 is 26.4. The molecule has 94 valence electrons. The summed E-state index contributed by atoms with van der Waals surface area (Å²) in [5, 5.41) is 0. The highest BCUT2D eigenvalue weighted by atomic mass is 19.2. The van der Waals surface area contributed by atoms with Gasteiger partial charge < -0.3 is 4.90 Å². The number of rotatable bonds is 4. The van der Waals surface area contributed by atoms with Gasteiger partial charge in [-0.05, 0) is 24.5 Å². The van der Waals surface area contributed by atoms with Crippen LogP contribution in [0, 0.1) is 17.6 Å². The van der Waals surface area contributed by atoms with E-state index in [0.717, 1.165) is 12.5 Å². The third-order valence-corrected chi connectivity index (χ3v) is 2.57. The molecule has 0 atom stereocenters. The molecule has 0 aliphatic heterocycles. The molecular weight excluding hydrogens is 224 g/mol. The lowest BCUT2D eigenvalue weighted by Crippen LogP contribution is -2.29.